The van der Waals surface area contributed by atoms with Crippen molar-refractivity contribution >= 4 is 27.5 Å². The van der Waals surface area contributed by atoms with Crippen LogP contribution in [0.15, 0.2) is 41.0 Å². The number of halogens is 5. The number of hydrogen-bond donors (Lipinski definition) is 1. The van der Waals surface area contributed by atoms with Gasteiger partial charge in [-0.2, -0.15) is 0 Å². The molecule has 0 aliphatic rings. The zero-order chi connectivity index (χ0) is 21.3. The highest BCUT2D eigenvalue weighted by Gasteiger charge is 2.34. The van der Waals surface area contributed by atoms with E-state index < -0.39 is 30.0 Å². The molecule has 0 spiro atoms. The van der Waals surface area contributed by atoms with Gasteiger partial charge in [0.25, 0.3) is 0 Å². The number of carbonyl (C=O) groups is 1. The molecule has 154 valence electrons. The summed E-state index contributed by atoms with van der Waals surface area (Å²) in [6.45, 7) is 1.54. The number of nitrogens with zero attached hydrogens (tertiary/aromatic N) is 2. The third kappa shape index (κ3) is 4.35. The summed E-state index contributed by atoms with van der Waals surface area (Å²) < 4.78 is 62.2. The number of esters is 1. The monoisotopic (exact) mass is 476 g/mol. The molecule has 0 radical (unpaired) electrons. The molecule has 6 nitrogen and oxygen atoms in total. The van der Waals surface area contributed by atoms with Gasteiger partial charge in [-0.1, -0.05) is 18.2 Å². The second-order valence-electron chi connectivity index (χ2n) is 5.75. The van der Waals surface area contributed by atoms with Crippen molar-refractivity contribution in [1.82, 2.24) is 9.38 Å². The van der Waals surface area contributed by atoms with Crippen LogP contribution >= 0.6 is 15.9 Å². The topological polar surface area (TPSA) is 73.1 Å². The van der Waals surface area contributed by atoms with E-state index in [1.807, 2.05) is 0 Å². The Bertz CT molecular complexity index is 1070. The van der Waals surface area contributed by atoms with E-state index in [0.717, 1.165) is 12.1 Å². The Labute approximate surface area is 169 Å². The Morgan fingerprint density at radius 3 is 2.69 bits per heavy atom. The largest absolute Gasteiger partial charge is 0.573 e. The Balaban J connectivity index is 2.22. The smallest absolute Gasteiger partial charge is 0.461 e. The van der Waals surface area contributed by atoms with Crippen LogP contribution in [-0.2, 0) is 4.74 Å². The Hall–Kier alpha value is -2.66. The van der Waals surface area contributed by atoms with Crippen molar-refractivity contribution in [2.75, 3.05) is 6.61 Å². The second-order valence-corrected chi connectivity index (χ2v) is 6.61. The molecule has 0 amide bonds. The highest BCUT2D eigenvalue weighted by molar-refractivity contribution is 9.10. The van der Waals surface area contributed by atoms with E-state index in [0.29, 0.717) is 0 Å². The maximum Gasteiger partial charge on any atom is 0.573 e. The average molecular weight is 477 g/mol. The predicted octanol–water partition coefficient (Wildman–Crippen LogP) is 4.39. The number of fused-ring (bicyclic) bond motifs is 1. The molecule has 1 unspecified atom stereocenters. The van der Waals surface area contributed by atoms with Gasteiger partial charge in [0.1, 0.15) is 23.3 Å². The lowest BCUT2D eigenvalue weighted by Gasteiger charge is -2.18. The van der Waals surface area contributed by atoms with Gasteiger partial charge < -0.3 is 14.6 Å². The van der Waals surface area contributed by atoms with Gasteiger partial charge in [0.15, 0.2) is 5.69 Å². The van der Waals surface area contributed by atoms with E-state index in [-0.39, 0.29) is 33.7 Å². The number of rotatable bonds is 5. The highest BCUT2D eigenvalue weighted by atomic mass is 79.9. The van der Waals surface area contributed by atoms with Crippen LogP contribution in [0, 0.1) is 5.82 Å². The first-order valence-corrected chi connectivity index (χ1v) is 8.98. The van der Waals surface area contributed by atoms with Crippen molar-refractivity contribution < 1.29 is 36.9 Å². The van der Waals surface area contributed by atoms with Gasteiger partial charge in [0, 0.05) is 17.8 Å². The van der Waals surface area contributed by atoms with Crippen molar-refractivity contribution in [1.29, 1.82) is 0 Å². The maximum atomic E-state index is 13.9. The van der Waals surface area contributed by atoms with Crippen molar-refractivity contribution in [3.8, 4) is 5.75 Å². The van der Waals surface area contributed by atoms with Crippen LogP contribution in [0.2, 0.25) is 0 Å². The van der Waals surface area contributed by atoms with Crippen molar-refractivity contribution in [3.05, 3.63) is 63.8 Å². The van der Waals surface area contributed by atoms with Gasteiger partial charge in [0.2, 0.25) is 0 Å². The van der Waals surface area contributed by atoms with Crippen LogP contribution < -0.4 is 4.74 Å². The first kappa shape index (κ1) is 21.1. The van der Waals surface area contributed by atoms with E-state index in [9.17, 15) is 27.5 Å². The minimum Gasteiger partial charge on any atom is -0.461 e. The van der Waals surface area contributed by atoms with Gasteiger partial charge in [-0.25, -0.2) is 14.2 Å². The number of benzene rings is 1. The zero-order valence-corrected chi connectivity index (χ0v) is 16.3. The molecule has 29 heavy (non-hydrogen) atoms. The molecule has 3 rings (SSSR count). The lowest BCUT2D eigenvalue weighted by atomic mass is 10.0. The number of pyridine rings is 1. The minimum atomic E-state index is -4.99. The SMILES string of the molecule is CCOC(=O)c1nc2cc(F)c(Br)cn2c1C(O)c1ccccc1OC(F)(F)F. The number of carbonyl (C=O) groups excluding carboxylic acids is 1. The molecular formula is C18H13BrF4N2O4. The maximum absolute atomic E-state index is 13.9. The van der Waals surface area contributed by atoms with Gasteiger partial charge in [0.05, 0.1) is 16.8 Å². The number of imidazole rings is 1. The fraction of sp³-hybridized carbons (Fsp3) is 0.222. The standard InChI is InChI=1S/C18H13BrF4N2O4/c1-2-28-17(27)14-15(25-8-10(19)11(20)7-13(25)24-14)16(26)9-5-3-4-6-12(9)29-18(21,22)23/h3-8,16,26H,2H2,1H3. The molecule has 1 aromatic carbocycles. The van der Waals surface area contributed by atoms with E-state index in [1.165, 1.54) is 28.8 Å². The minimum absolute atomic E-state index is 0.00589. The lowest BCUT2D eigenvalue weighted by Crippen LogP contribution is -2.19. The molecule has 0 saturated heterocycles. The van der Waals surface area contributed by atoms with E-state index >= 15 is 0 Å². The molecule has 0 aliphatic carbocycles. The van der Waals surface area contributed by atoms with Crippen molar-refractivity contribution in [3.63, 3.8) is 0 Å². The molecule has 0 fully saturated rings. The third-order valence-corrected chi connectivity index (χ3v) is 4.45. The normalized spacial score (nSPS) is 12.8. The first-order valence-electron chi connectivity index (χ1n) is 8.19. The zero-order valence-electron chi connectivity index (χ0n) is 14.7. The number of alkyl halides is 3. The van der Waals surface area contributed by atoms with Crippen molar-refractivity contribution in [2.24, 2.45) is 0 Å². The number of aromatic nitrogens is 2. The Morgan fingerprint density at radius 1 is 1.34 bits per heavy atom. The summed E-state index contributed by atoms with van der Waals surface area (Å²) in [6, 6.07) is 5.92. The first-order chi connectivity index (χ1) is 13.6. The van der Waals surface area contributed by atoms with Gasteiger partial charge >= 0.3 is 12.3 Å². The van der Waals surface area contributed by atoms with Crippen LogP contribution in [0.3, 0.4) is 0 Å². The van der Waals surface area contributed by atoms with Gasteiger partial charge in [-0.15, -0.1) is 13.2 Å². The number of para-hydroxylation sites is 1. The van der Waals surface area contributed by atoms with Crippen molar-refractivity contribution in [2.45, 2.75) is 19.4 Å². The van der Waals surface area contributed by atoms with Gasteiger partial charge in [-0.3, -0.25) is 4.40 Å². The second kappa shape index (κ2) is 7.99. The molecule has 2 heterocycles. The van der Waals surface area contributed by atoms with Crippen LogP contribution in [0.25, 0.3) is 5.65 Å². The van der Waals surface area contributed by atoms with Gasteiger partial charge in [-0.05, 0) is 28.9 Å². The lowest BCUT2D eigenvalue weighted by molar-refractivity contribution is -0.275. The third-order valence-electron chi connectivity index (χ3n) is 3.87. The van der Waals surface area contributed by atoms with Crippen LogP contribution in [0.1, 0.15) is 34.8 Å². The molecule has 0 aliphatic heterocycles. The fourth-order valence-electron chi connectivity index (χ4n) is 2.74. The Kier molecular flexibility index (Phi) is 5.80. The van der Waals surface area contributed by atoms with Crippen LogP contribution in [0.4, 0.5) is 17.6 Å². The molecule has 2 aromatic heterocycles. The molecule has 0 saturated carbocycles. The van der Waals surface area contributed by atoms with Crippen LogP contribution in [0.5, 0.6) is 5.75 Å². The van der Waals surface area contributed by atoms with E-state index in [2.05, 4.69) is 25.7 Å². The number of aliphatic hydroxyl groups excluding tert-OH is 1. The molecule has 1 atom stereocenters. The quantitative estimate of drug-likeness (QED) is 0.436. The Morgan fingerprint density at radius 2 is 2.03 bits per heavy atom. The van der Waals surface area contributed by atoms with Crippen LogP contribution in [-0.4, -0.2) is 33.4 Å². The molecule has 0 bridgehead atoms. The summed E-state index contributed by atoms with van der Waals surface area (Å²) in [7, 11) is 0. The molecular weight excluding hydrogens is 464 g/mol. The summed E-state index contributed by atoms with van der Waals surface area (Å²) in [6.07, 6.45) is -5.56. The summed E-state index contributed by atoms with van der Waals surface area (Å²) in [5.41, 5.74) is -0.870. The highest BCUT2D eigenvalue weighted by Crippen LogP contribution is 2.35. The fourth-order valence-corrected chi connectivity index (χ4v) is 3.06. The van der Waals surface area contributed by atoms with E-state index in [1.54, 1.807) is 6.92 Å². The summed E-state index contributed by atoms with van der Waals surface area (Å²) >= 11 is 2.99. The molecule has 1 N–H and O–H groups in total. The number of ether oxygens (including phenoxy) is 2. The average Bonchev–Trinajstić information content (AvgIpc) is 2.99. The van der Waals surface area contributed by atoms with E-state index in [4.69, 9.17) is 4.74 Å². The summed E-state index contributed by atoms with van der Waals surface area (Å²) in [5, 5.41) is 10.9. The summed E-state index contributed by atoms with van der Waals surface area (Å²) in [4.78, 5) is 16.3. The number of aliphatic hydroxyl groups is 1. The summed E-state index contributed by atoms with van der Waals surface area (Å²) in [5.74, 6) is -2.26. The molecule has 3 aromatic rings. The number of hydrogen-bond acceptors (Lipinski definition) is 5. The molecule has 11 heteroatoms. The predicted molar refractivity (Wildman–Crippen MR) is 96.0 cm³/mol.